The Balaban J connectivity index is -0.0000000169. The van der Waals surface area contributed by atoms with Crippen LogP contribution in [0.25, 0.3) is 0 Å². The van der Waals surface area contributed by atoms with Gasteiger partial charge >= 0.3 is 55.1 Å². The molecular weight excluding hydrogens is 422 g/mol. The Kier molecular flexibility index (Phi) is 135. The Morgan fingerprint density at radius 1 is 0.500 bits per heavy atom. The monoisotopic (exact) mass is 428 g/mol. The van der Waals surface area contributed by atoms with Crippen LogP contribution in [0.5, 0.6) is 0 Å². The van der Waals surface area contributed by atoms with Crippen molar-refractivity contribution in [2.75, 3.05) is 0 Å². The zero-order valence-corrected chi connectivity index (χ0v) is 13.9. The summed E-state index contributed by atoms with van der Waals surface area (Å²) in [6, 6.07) is 0. The standard InChI is InChI=1S/3CH2O3.2H3N.2O.2Zr/c3*2-1(3)4;;;;;;/h3*(H2,2,3,4);2*1H3;;;;/q;;;;;;;2*+2/p-4. The first-order valence-electron chi connectivity index (χ1n) is 2.25. The fourth-order valence-electron chi connectivity index (χ4n) is 0. The van der Waals surface area contributed by atoms with Crippen molar-refractivity contribution in [2.24, 2.45) is 0 Å². The SMILES string of the molecule is O=C([O-])[O-].O=C([O-])[O-].O=C([O-])[O-].[NH4+].[NH4+].[O]=[Zr+2].[O]=[Zr+2]. The molecule has 0 unspecified atom stereocenters. The number of carbonyl (C=O) groups excluding carboxylic acids is 3. The fraction of sp³-hybridized carbons (Fsp3) is 0. The predicted molar refractivity (Wildman–Crippen MR) is 29.5 cm³/mol. The van der Waals surface area contributed by atoms with E-state index in [9.17, 15) is 0 Å². The minimum atomic E-state index is -2.33. The number of hydrogen-bond donors (Lipinski definition) is 2. The van der Waals surface area contributed by atoms with Crippen molar-refractivity contribution in [3.8, 4) is 0 Å². The summed E-state index contributed by atoms with van der Waals surface area (Å²) < 4.78 is 16.7. The molecule has 0 aliphatic carbocycles. The van der Waals surface area contributed by atoms with E-state index in [1.165, 1.54) is 0 Å². The summed E-state index contributed by atoms with van der Waals surface area (Å²) in [6.07, 6.45) is -7.00. The molecule has 0 bridgehead atoms. The van der Waals surface area contributed by atoms with Crippen molar-refractivity contribution in [2.45, 2.75) is 0 Å². The van der Waals surface area contributed by atoms with E-state index in [-0.39, 0.29) is 12.3 Å². The molecule has 0 aromatic rings. The first kappa shape index (κ1) is 43.5. The van der Waals surface area contributed by atoms with Gasteiger partial charge in [-0.3, -0.25) is 0 Å². The number of rotatable bonds is 0. The van der Waals surface area contributed by atoms with Crippen LogP contribution in [0.3, 0.4) is 0 Å². The number of carboxylic acid groups (broad SMARTS) is 6. The number of hydrogen-bond acceptors (Lipinski definition) is 11. The molecule has 0 saturated heterocycles. The van der Waals surface area contributed by atoms with Gasteiger partial charge in [-0.05, 0) is 18.5 Å². The third-order valence-corrected chi connectivity index (χ3v) is 0. The Morgan fingerprint density at radius 2 is 0.500 bits per heavy atom. The van der Waals surface area contributed by atoms with Crippen LogP contribution in [0, 0.1) is 0 Å². The van der Waals surface area contributed by atoms with Crippen LogP contribution < -0.4 is 42.9 Å². The third-order valence-electron chi connectivity index (χ3n) is 0. The average molecular weight is 431 g/mol. The van der Waals surface area contributed by atoms with Gasteiger partial charge in [0.15, 0.2) is 0 Å². The van der Waals surface area contributed by atoms with Gasteiger partial charge in [0.2, 0.25) is 0 Å². The van der Waals surface area contributed by atoms with Gasteiger partial charge in [0, 0.05) is 0 Å². The van der Waals surface area contributed by atoms with Gasteiger partial charge in [-0.15, -0.1) is 0 Å². The molecule has 0 atom stereocenters. The van der Waals surface area contributed by atoms with Gasteiger partial charge in [-0.25, -0.2) is 0 Å². The van der Waals surface area contributed by atoms with Crippen molar-refractivity contribution >= 4 is 18.5 Å². The van der Waals surface area contributed by atoms with Gasteiger partial charge in [0.1, 0.15) is 0 Å². The first-order chi connectivity index (χ1) is 7.20. The van der Waals surface area contributed by atoms with E-state index in [0.717, 1.165) is 0 Å². The van der Waals surface area contributed by atoms with E-state index in [1.807, 2.05) is 0 Å². The molecule has 0 aromatic carbocycles. The molecule has 8 N–H and O–H groups in total. The van der Waals surface area contributed by atoms with Gasteiger partial charge < -0.3 is 57.3 Å². The van der Waals surface area contributed by atoms with Crippen LogP contribution in [0.1, 0.15) is 0 Å². The summed E-state index contributed by atoms with van der Waals surface area (Å²) in [7, 11) is 0. The molecule has 0 aliphatic rings. The van der Waals surface area contributed by atoms with Crippen LogP contribution in [-0.2, 0) is 55.1 Å². The predicted octanol–water partition coefficient (Wildman–Crippen LogP) is -6.83. The van der Waals surface area contributed by atoms with Gasteiger partial charge in [-0.2, -0.15) is 0 Å². The second-order valence-electron chi connectivity index (χ2n) is 0.750. The molecule has 0 aromatic heterocycles. The van der Waals surface area contributed by atoms with E-state index in [2.05, 4.69) is 0 Å². The van der Waals surface area contributed by atoms with E-state index in [1.54, 1.807) is 0 Å². The van der Waals surface area contributed by atoms with Crippen molar-refractivity contribution in [1.29, 1.82) is 0 Å². The van der Waals surface area contributed by atoms with Gasteiger partial charge in [0.25, 0.3) is 0 Å². The molecule has 104 valence electrons. The molecule has 0 amide bonds. The topological polar surface area (TPSA) is 297 Å². The fourth-order valence-corrected chi connectivity index (χ4v) is 0. The van der Waals surface area contributed by atoms with Crippen LogP contribution >= 0.6 is 0 Å². The van der Waals surface area contributed by atoms with Crippen molar-refractivity contribution < 1.29 is 100 Å². The molecule has 0 rings (SSSR count). The van der Waals surface area contributed by atoms with Crippen LogP contribution in [0.15, 0.2) is 0 Å². The van der Waals surface area contributed by atoms with Crippen molar-refractivity contribution in [3.05, 3.63) is 0 Å². The van der Waals surface area contributed by atoms with Crippen LogP contribution in [0.4, 0.5) is 14.4 Å². The van der Waals surface area contributed by atoms with Crippen LogP contribution in [0.2, 0.25) is 0 Å². The normalized spacial score (nSPS) is 4.67. The minimum absolute atomic E-state index is 0. The van der Waals surface area contributed by atoms with Crippen LogP contribution in [-0.4, -0.2) is 18.5 Å². The van der Waals surface area contributed by atoms with E-state index >= 15 is 0 Å². The summed E-state index contributed by atoms with van der Waals surface area (Å²) in [5, 5.41) is 50.0. The zero-order valence-electron chi connectivity index (χ0n) is 8.99. The Bertz CT molecular complexity index is 147. The molecule has 0 saturated carbocycles. The molecule has 0 heterocycles. The Morgan fingerprint density at radius 3 is 0.500 bits per heavy atom. The summed E-state index contributed by atoms with van der Waals surface area (Å²) in [6.45, 7) is 0. The molecule has 18 heavy (non-hydrogen) atoms. The second-order valence-corrected chi connectivity index (χ2v) is 0.750. The molecule has 0 aliphatic heterocycles. The van der Waals surface area contributed by atoms with E-state index in [0.29, 0.717) is 49.4 Å². The average Bonchev–Trinajstić information content (AvgIpc) is 2.07. The molecule has 15 heteroatoms. The Hall–Kier alpha value is -0.904. The molecule has 13 nitrogen and oxygen atoms in total. The maximum atomic E-state index is 8.34. The zero-order chi connectivity index (χ0) is 14.7. The summed E-state index contributed by atoms with van der Waals surface area (Å²) in [5.41, 5.74) is 0. The number of quaternary nitrogens is 2. The van der Waals surface area contributed by atoms with Gasteiger partial charge in [-0.1, -0.05) is 0 Å². The second kappa shape index (κ2) is 56.0. The molecule has 0 fully saturated rings. The van der Waals surface area contributed by atoms with Crippen molar-refractivity contribution in [3.63, 3.8) is 0 Å². The van der Waals surface area contributed by atoms with E-state index in [4.69, 9.17) is 50.6 Å². The van der Waals surface area contributed by atoms with Gasteiger partial charge in [0.05, 0.1) is 0 Å². The summed E-state index contributed by atoms with van der Waals surface area (Å²) in [4.78, 5) is 25.0. The summed E-state index contributed by atoms with van der Waals surface area (Å²) >= 11 is 0.600. The number of carbonyl (C=O) groups is 3. The Labute approximate surface area is 130 Å². The van der Waals surface area contributed by atoms with E-state index < -0.39 is 18.5 Å². The molecule has 0 spiro atoms. The first-order valence-corrected chi connectivity index (χ1v) is 4.25. The maximum absolute atomic E-state index is 8.34. The third kappa shape index (κ3) is 3670. The van der Waals surface area contributed by atoms with Crippen molar-refractivity contribution in [1.82, 2.24) is 12.3 Å². The molecule has 0 radical (unpaired) electrons. The molecular formula is C3H8N2O11Zr2. The quantitative estimate of drug-likeness (QED) is 0.363. The summed E-state index contributed by atoms with van der Waals surface area (Å²) in [5.74, 6) is 0.